The van der Waals surface area contributed by atoms with E-state index in [0.717, 1.165) is 53.0 Å². The van der Waals surface area contributed by atoms with Crippen molar-refractivity contribution in [2.75, 3.05) is 0 Å². The van der Waals surface area contributed by atoms with E-state index in [1.54, 1.807) is 12.1 Å². The van der Waals surface area contributed by atoms with E-state index in [4.69, 9.17) is 9.40 Å². The number of hydrogen-bond acceptors (Lipinski definition) is 3. The van der Waals surface area contributed by atoms with E-state index < -0.39 is 5.97 Å². The minimum atomic E-state index is -0.888. The van der Waals surface area contributed by atoms with Crippen molar-refractivity contribution in [3.8, 4) is 22.6 Å². The van der Waals surface area contributed by atoms with Crippen LogP contribution in [0.3, 0.4) is 0 Å². The van der Waals surface area contributed by atoms with Crippen molar-refractivity contribution in [1.29, 1.82) is 0 Å². The first kappa shape index (κ1) is 24.2. The van der Waals surface area contributed by atoms with Gasteiger partial charge in [-0.25, -0.2) is 9.78 Å². The number of aromatic nitrogens is 1. The first-order valence-corrected chi connectivity index (χ1v) is 11.3. The van der Waals surface area contributed by atoms with Crippen LogP contribution in [0.4, 0.5) is 0 Å². The topological polar surface area (TPSA) is 63.3 Å². The maximum atomic E-state index is 11.7. The van der Waals surface area contributed by atoms with Crippen LogP contribution in [0.15, 0.2) is 95.4 Å². The minimum Gasteiger partial charge on any atom is -1.00 e. The van der Waals surface area contributed by atoms with Crippen LogP contribution in [-0.2, 0) is 6.42 Å². The Labute approximate surface area is 223 Å². The number of oxazole rings is 1. The van der Waals surface area contributed by atoms with Crippen LogP contribution < -0.4 is 29.6 Å². The van der Waals surface area contributed by atoms with Crippen LogP contribution >= 0.6 is 0 Å². The average molecular weight is 460 g/mol. The molecular formula is C29H26NNaO3. The summed E-state index contributed by atoms with van der Waals surface area (Å²) in [7, 11) is 0. The van der Waals surface area contributed by atoms with E-state index in [0.29, 0.717) is 17.9 Å². The van der Waals surface area contributed by atoms with E-state index in [1.165, 1.54) is 0 Å². The Morgan fingerprint density at radius 2 is 1.59 bits per heavy atom. The Morgan fingerprint density at radius 1 is 0.941 bits per heavy atom. The molecule has 0 saturated heterocycles. The number of rotatable bonds is 6. The van der Waals surface area contributed by atoms with Crippen molar-refractivity contribution in [2.45, 2.75) is 25.7 Å². The molecule has 4 nitrogen and oxygen atoms in total. The van der Waals surface area contributed by atoms with Gasteiger partial charge in [0.25, 0.3) is 0 Å². The van der Waals surface area contributed by atoms with Crippen molar-refractivity contribution in [2.24, 2.45) is 5.92 Å². The van der Waals surface area contributed by atoms with Crippen LogP contribution in [-0.4, -0.2) is 16.1 Å². The summed E-state index contributed by atoms with van der Waals surface area (Å²) in [6.45, 7) is 0. The van der Waals surface area contributed by atoms with Gasteiger partial charge in [0.1, 0.15) is 5.69 Å². The zero-order chi connectivity index (χ0) is 22.6. The van der Waals surface area contributed by atoms with Gasteiger partial charge in [0.15, 0.2) is 5.76 Å². The molecule has 1 N–H and O–H groups in total. The molecule has 0 saturated carbocycles. The molecule has 0 bridgehead atoms. The Hall–Kier alpha value is -2.92. The molecule has 0 spiro atoms. The predicted octanol–water partition coefficient (Wildman–Crippen LogP) is 4.25. The van der Waals surface area contributed by atoms with Crippen molar-refractivity contribution in [1.82, 2.24) is 4.98 Å². The molecule has 0 radical (unpaired) electrons. The van der Waals surface area contributed by atoms with Crippen molar-refractivity contribution in [3.63, 3.8) is 0 Å². The van der Waals surface area contributed by atoms with Crippen LogP contribution in [0.2, 0.25) is 0 Å². The molecule has 1 unspecified atom stereocenters. The summed E-state index contributed by atoms with van der Waals surface area (Å²) in [4.78, 5) is 16.7. The van der Waals surface area contributed by atoms with E-state index in [1.807, 2.05) is 72.8 Å². The zero-order valence-electron chi connectivity index (χ0n) is 20.3. The molecule has 1 aromatic heterocycles. The van der Waals surface area contributed by atoms with Crippen molar-refractivity contribution >= 4 is 11.5 Å². The molecule has 166 valence electrons. The quantitative estimate of drug-likeness (QED) is 0.438. The van der Waals surface area contributed by atoms with Crippen LogP contribution in [0.5, 0.6) is 0 Å². The van der Waals surface area contributed by atoms with E-state index in [9.17, 15) is 9.90 Å². The van der Waals surface area contributed by atoms with Gasteiger partial charge in [0, 0.05) is 16.7 Å². The number of carboxylic acids is 1. The number of nitrogens with zero attached hydrogens (tertiary/aromatic N) is 1. The summed E-state index contributed by atoms with van der Waals surface area (Å²) in [5.74, 6) is 0.657. The number of carboxylic acid groups (broad SMARTS) is 1. The Bertz CT molecular complexity index is 1250. The Balaban J connectivity index is 0.00000171. The zero-order valence-corrected chi connectivity index (χ0v) is 21.3. The summed E-state index contributed by atoms with van der Waals surface area (Å²) in [5.41, 5.74) is 5.11. The molecule has 34 heavy (non-hydrogen) atoms. The number of benzene rings is 3. The number of carbonyl (C=O) groups is 1. The van der Waals surface area contributed by atoms with Crippen LogP contribution in [0, 0.1) is 5.92 Å². The Morgan fingerprint density at radius 3 is 2.29 bits per heavy atom. The summed E-state index contributed by atoms with van der Waals surface area (Å²) >= 11 is 0. The number of allylic oxidation sites excluding steroid dienone is 2. The summed E-state index contributed by atoms with van der Waals surface area (Å²) in [6, 6.07) is 27.4. The first-order chi connectivity index (χ1) is 16.2. The van der Waals surface area contributed by atoms with Crippen molar-refractivity contribution in [3.05, 3.63) is 108 Å². The van der Waals surface area contributed by atoms with E-state index in [-0.39, 0.29) is 36.9 Å². The van der Waals surface area contributed by atoms with Gasteiger partial charge in [0.05, 0.1) is 5.56 Å². The SMILES string of the molecule is O=C(O)c1ccccc1CC1CCCC=C1c1nc(-c2ccccc2)c(-c2ccccc2)o1.[H-].[Na+]. The van der Waals surface area contributed by atoms with Gasteiger partial charge in [0.2, 0.25) is 5.89 Å². The average Bonchev–Trinajstić information content (AvgIpc) is 3.31. The molecule has 1 atom stereocenters. The standard InChI is InChI=1S/C29H25NO3.Na.H/c31-29(32)25-18-10-8-16-23(25)19-22-15-7-9-17-24(22)28-30-26(20-11-3-1-4-12-20)27(33-28)21-13-5-2-6-14-21;;/h1-6,8,10-14,16-18,22H,7,9,15,19H2,(H,31,32);;/q;+1;-1. The predicted molar refractivity (Wildman–Crippen MR) is 131 cm³/mol. The second kappa shape index (κ2) is 11.0. The molecule has 1 aliphatic carbocycles. The number of hydrogen-bond donors (Lipinski definition) is 1. The first-order valence-electron chi connectivity index (χ1n) is 11.3. The molecule has 5 rings (SSSR count). The summed E-state index contributed by atoms with van der Waals surface area (Å²) < 4.78 is 6.44. The van der Waals surface area contributed by atoms with E-state index in [2.05, 4.69) is 6.08 Å². The normalized spacial score (nSPS) is 15.3. The maximum absolute atomic E-state index is 11.7. The van der Waals surface area contributed by atoms with Gasteiger partial charge in [-0.3, -0.25) is 0 Å². The third kappa shape index (κ3) is 5.10. The third-order valence-electron chi connectivity index (χ3n) is 6.23. The molecule has 3 aromatic carbocycles. The fourth-order valence-electron chi connectivity index (χ4n) is 4.61. The fraction of sp³-hybridized carbons (Fsp3) is 0.172. The van der Waals surface area contributed by atoms with Gasteiger partial charge in [-0.05, 0) is 43.2 Å². The molecule has 0 fully saturated rings. The minimum absolute atomic E-state index is 0. The van der Waals surface area contributed by atoms with Crippen molar-refractivity contribution < 1.29 is 45.3 Å². The van der Waals surface area contributed by atoms with Gasteiger partial charge in [-0.15, -0.1) is 0 Å². The molecular weight excluding hydrogens is 433 g/mol. The fourth-order valence-corrected chi connectivity index (χ4v) is 4.61. The molecule has 4 aromatic rings. The summed E-state index contributed by atoms with van der Waals surface area (Å²) in [6.07, 6.45) is 5.88. The molecule has 1 heterocycles. The summed E-state index contributed by atoms with van der Waals surface area (Å²) in [5, 5.41) is 9.62. The maximum Gasteiger partial charge on any atom is 1.00 e. The largest absolute Gasteiger partial charge is 1.00 e. The number of aromatic carboxylic acids is 1. The monoisotopic (exact) mass is 459 g/mol. The second-order valence-corrected chi connectivity index (χ2v) is 8.38. The van der Waals surface area contributed by atoms with Gasteiger partial charge in [-0.2, -0.15) is 0 Å². The Kier molecular flexibility index (Phi) is 7.84. The molecule has 1 aliphatic rings. The van der Waals surface area contributed by atoms with Crippen LogP contribution in [0.1, 0.15) is 42.5 Å². The van der Waals surface area contributed by atoms with Gasteiger partial charge >= 0.3 is 35.5 Å². The molecule has 0 amide bonds. The van der Waals surface area contributed by atoms with Gasteiger partial charge in [-0.1, -0.05) is 84.9 Å². The van der Waals surface area contributed by atoms with Crippen LogP contribution in [0.25, 0.3) is 28.2 Å². The smallest absolute Gasteiger partial charge is 1.00 e. The second-order valence-electron chi connectivity index (χ2n) is 8.38. The van der Waals surface area contributed by atoms with Gasteiger partial charge < -0.3 is 11.0 Å². The molecule has 5 heteroatoms. The van der Waals surface area contributed by atoms with E-state index >= 15 is 0 Å². The molecule has 0 aliphatic heterocycles. The third-order valence-corrected chi connectivity index (χ3v) is 6.23.